The highest BCUT2D eigenvalue weighted by Crippen LogP contribution is 2.33. The van der Waals surface area contributed by atoms with Crippen LogP contribution in [0.5, 0.6) is 5.75 Å². The number of amides is 3. The molecule has 0 spiro atoms. The van der Waals surface area contributed by atoms with Crippen molar-refractivity contribution in [3.05, 3.63) is 58.9 Å². The predicted octanol–water partition coefficient (Wildman–Crippen LogP) is 5.24. The van der Waals surface area contributed by atoms with Gasteiger partial charge in [-0.1, -0.05) is 23.7 Å². The Morgan fingerprint density at radius 3 is 2.26 bits per heavy atom. The normalized spacial score (nSPS) is 12.8. The Morgan fingerprint density at radius 2 is 1.68 bits per heavy atom. The third-order valence-corrected chi connectivity index (χ3v) is 3.61. The second-order valence-electron chi connectivity index (χ2n) is 5.58. The Kier molecular flexibility index (Phi) is 7.33. The Balaban J connectivity index is 2.03. The van der Waals surface area contributed by atoms with Gasteiger partial charge < -0.3 is 10.1 Å². The summed E-state index contributed by atoms with van der Waals surface area (Å²) in [6.07, 6.45) is -15.2. The minimum atomic E-state index is -5.73. The first-order chi connectivity index (χ1) is 14.3. The van der Waals surface area contributed by atoms with Gasteiger partial charge in [-0.25, -0.2) is 18.3 Å². The number of ether oxygens (including phenoxy) is 2. The number of alkyl halides is 6. The molecule has 168 valence electrons. The molecule has 0 aliphatic carbocycles. The van der Waals surface area contributed by atoms with E-state index in [2.05, 4.69) is 9.47 Å². The lowest BCUT2D eigenvalue weighted by Gasteiger charge is -2.22. The molecule has 0 aliphatic heterocycles. The number of benzene rings is 2. The highest BCUT2D eigenvalue weighted by atomic mass is 35.5. The average molecular weight is 475 g/mol. The molecule has 0 saturated carbocycles. The fraction of sp³-hybridized carbons (Fsp3) is 0.176. The van der Waals surface area contributed by atoms with Crippen LogP contribution in [-0.4, -0.2) is 30.8 Å². The second-order valence-corrected chi connectivity index (χ2v) is 5.98. The molecule has 1 unspecified atom stereocenters. The molecular weight excluding hydrogens is 465 g/mol. The van der Waals surface area contributed by atoms with E-state index in [0.29, 0.717) is 12.1 Å². The largest absolute Gasteiger partial charge is 0.525 e. The number of rotatable bonds is 6. The molecule has 0 bridgehead atoms. The first-order valence-corrected chi connectivity index (χ1v) is 8.28. The Bertz CT molecular complexity index is 972. The number of halogens is 8. The van der Waals surface area contributed by atoms with Gasteiger partial charge in [0.05, 0.1) is 10.6 Å². The monoisotopic (exact) mass is 474 g/mol. The molecule has 0 saturated heterocycles. The summed E-state index contributed by atoms with van der Waals surface area (Å²) in [5, 5.41) is 3.92. The summed E-state index contributed by atoms with van der Waals surface area (Å²) < 4.78 is 95.3. The topological polar surface area (TPSA) is 76.7 Å². The van der Waals surface area contributed by atoms with Crippen molar-refractivity contribution in [3.8, 4) is 5.75 Å². The van der Waals surface area contributed by atoms with Crippen LogP contribution < -0.4 is 15.4 Å². The van der Waals surface area contributed by atoms with E-state index in [1.54, 1.807) is 0 Å². The van der Waals surface area contributed by atoms with E-state index in [4.69, 9.17) is 11.6 Å². The van der Waals surface area contributed by atoms with E-state index in [9.17, 15) is 40.3 Å². The lowest BCUT2D eigenvalue weighted by atomic mass is 10.2. The maximum absolute atomic E-state index is 13.9. The van der Waals surface area contributed by atoms with Gasteiger partial charge in [-0.15, -0.1) is 13.2 Å². The van der Waals surface area contributed by atoms with E-state index in [0.717, 1.165) is 6.07 Å². The molecule has 3 amide bonds. The van der Waals surface area contributed by atoms with Crippen LogP contribution in [0.2, 0.25) is 5.02 Å². The molecule has 0 fully saturated rings. The highest BCUT2D eigenvalue weighted by molar-refractivity contribution is 6.34. The lowest BCUT2D eigenvalue weighted by Crippen LogP contribution is -2.41. The van der Waals surface area contributed by atoms with Crippen molar-refractivity contribution in [2.24, 2.45) is 0 Å². The third kappa shape index (κ3) is 7.00. The summed E-state index contributed by atoms with van der Waals surface area (Å²) in [6, 6.07) is 6.28. The number of hydrogen-bond donors (Lipinski definition) is 2. The zero-order valence-electron chi connectivity index (χ0n) is 14.8. The van der Waals surface area contributed by atoms with Crippen LogP contribution in [-0.2, 0) is 4.74 Å². The van der Waals surface area contributed by atoms with Gasteiger partial charge in [-0.05, 0) is 24.3 Å². The molecule has 0 aromatic heterocycles. The van der Waals surface area contributed by atoms with E-state index in [1.165, 1.54) is 24.3 Å². The summed E-state index contributed by atoms with van der Waals surface area (Å²) in [4.78, 5) is 23.8. The number of carbonyl (C=O) groups is 2. The zero-order valence-corrected chi connectivity index (χ0v) is 15.5. The molecule has 2 aromatic rings. The molecule has 6 nitrogen and oxygen atoms in total. The average Bonchev–Trinajstić information content (AvgIpc) is 2.62. The molecule has 0 aliphatic rings. The number of hydrogen-bond acceptors (Lipinski definition) is 4. The molecule has 0 radical (unpaired) electrons. The minimum absolute atomic E-state index is 0.0432. The molecule has 0 heterocycles. The van der Waals surface area contributed by atoms with E-state index in [-0.39, 0.29) is 16.3 Å². The van der Waals surface area contributed by atoms with Crippen molar-refractivity contribution in [2.45, 2.75) is 18.8 Å². The Morgan fingerprint density at radius 1 is 1.03 bits per heavy atom. The van der Waals surface area contributed by atoms with Gasteiger partial charge in [-0.3, -0.25) is 10.1 Å². The number of urea groups is 1. The van der Waals surface area contributed by atoms with E-state index < -0.39 is 42.3 Å². The van der Waals surface area contributed by atoms with Crippen molar-refractivity contribution in [1.29, 1.82) is 0 Å². The van der Waals surface area contributed by atoms with Gasteiger partial charge in [0.1, 0.15) is 0 Å². The summed E-state index contributed by atoms with van der Waals surface area (Å²) in [7, 11) is 0. The SMILES string of the molecule is O=C(NC(=O)c1ccccc1Cl)Nc1ccc(OC(F)(F)C(F)OC(F)(F)F)c(F)c1. The van der Waals surface area contributed by atoms with Crippen LogP contribution in [0.4, 0.5) is 41.2 Å². The summed E-state index contributed by atoms with van der Waals surface area (Å²) in [5.74, 6) is -3.83. The summed E-state index contributed by atoms with van der Waals surface area (Å²) in [5.41, 5.74) is -0.403. The van der Waals surface area contributed by atoms with Crippen molar-refractivity contribution >= 4 is 29.2 Å². The lowest BCUT2D eigenvalue weighted by molar-refractivity contribution is -0.411. The summed E-state index contributed by atoms with van der Waals surface area (Å²) in [6.45, 7) is 0. The van der Waals surface area contributed by atoms with Gasteiger partial charge in [0.2, 0.25) is 0 Å². The molecule has 31 heavy (non-hydrogen) atoms. The molecule has 2 N–H and O–H groups in total. The highest BCUT2D eigenvalue weighted by Gasteiger charge is 2.51. The first-order valence-electron chi connectivity index (χ1n) is 7.90. The smallest absolute Gasteiger partial charge is 0.425 e. The standard InChI is InChI=1S/C17H10ClF7N2O4/c18-10-4-2-1-3-9(10)13(28)27-15(29)26-8-5-6-12(11(19)7-8)30-16(21,22)14(20)31-17(23,24)25/h1-7,14H,(H2,26,27,28,29). The zero-order chi connectivity index (χ0) is 23.4. The van der Waals surface area contributed by atoms with E-state index in [1.807, 2.05) is 10.6 Å². The Labute approximate surface area is 173 Å². The number of carbonyl (C=O) groups excluding carboxylic acids is 2. The first kappa shape index (κ1) is 24.2. The summed E-state index contributed by atoms with van der Waals surface area (Å²) >= 11 is 5.80. The van der Waals surface area contributed by atoms with Crippen LogP contribution in [0.1, 0.15) is 10.4 Å². The second kappa shape index (κ2) is 9.39. The molecule has 14 heteroatoms. The van der Waals surface area contributed by atoms with Crippen LogP contribution in [0, 0.1) is 5.82 Å². The van der Waals surface area contributed by atoms with Gasteiger partial charge in [-0.2, -0.15) is 8.78 Å². The maximum atomic E-state index is 13.9. The number of imide groups is 1. The van der Waals surface area contributed by atoms with Crippen LogP contribution in [0.3, 0.4) is 0 Å². The van der Waals surface area contributed by atoms with Gasteiger partial charge >= 0.3 is 24.9 Å². The molecular formula is C17H10ClF7N2O4. The Hall–Kier alpha value is -3.06. The van der Waals surface area contributed by atoms with Crippen molar-refractivity contribution in [1.82, 2.24) is 5.32 Å². The quantitative estimate of drug-likeness (QED) is 0.561. The number of anilines is 1. The predicted molar refractivity (Wildman–Crippen MR) is 91.9 cm³/mol. The van der Waals surface area contributed by atoms with Crippen LogP contribution in [0.15, 0.2) is 42.5 Å². The minimum Gasteiger partial charge on any atom is -0.425 e. The molecule has 2 aromatic carbocycles. The van der Waals surface area contributed by atoms with E-state index >= 15 is 0 Å². The van der Waals surface area contributed by atoms with Gasteiger partial charge in [0.25, 0.3) is 5.91 Å². The van der Waals surface area contributed by atoms with Gasteiger partial charge in [0.15, 0.2) is 11.6 Å². The van der Waals surface area contributed by atoms with Crippen LogP contribution >= 0.6 is 11.6 Å². The molecule has 1 atom stereocenters. The van der Waals surface area contributed by atoms with Crippen molar-refractivity contribution < 1.29 is 49.8 Å². The third-order valence-electron chi connectivity index (χ3n) is 3.28. The van der Waals surface area contributed by atoms with Crippen molar-refractivity contribution in [2.75, 3.05) is 5.32 Å². The van der Waals surface area contributed by atoms with Crippen LogP contribution in [0.25, 0.3) is 0 Å². The van der Waals surface area contributed by atoms with Gasteiger partial charge in [0, 0.05) is 11.8 Å². The fourth-order valence-electron chi connectivity index (χ4n) is 2.02. The number of nitrogens with one attached hydrogen (secondary N) is 2. The van der Waals surface area contributed by atoms with Crippen molar-refractivity contribution in [3.63, 3.8) is 0 Å². The molecule has 2 rings (SSSR count). The fourth-order valence-corrected chi connectivity index (χ4v) is 2.24. The maximum Gasteiger partial charge on any atom is 0.525 e.